The third-order valence-corrected chi connectivity index (χ3v) is 3.39. The number of aromatic nitrogens is 2. The second kappa shape index (κ2) is 5.83. The van der Waals surface area contributed by atoms with Crippen molar-refractivity contribution in [3.8, 4) is 0 Å². The molecule has 0 aromatic carbocycles. The molecule has 1 aliphatic heterocycles. The van der Waals surface area contributed by atoms with Gasteiger partial charge in [0.15, 0.2) is 12.0 Å². The van der Waals surface area contributed by atoms with E-state index in [4.69, 9.17) is 4.42 Å². The molecule has 0 N–H and O–H groups in total. The SMILES string of the molecule is O=Cc1ccc(CN2CCN(c3ncccn3)CC2)o1. The summed E-state index contributed by atoms with van der Waals surface area (Å²) in [5.74, 6) is 2.00. The number of carbonyl (C=O) groups excluding carboxylic acids is 1. The lowest BCUT2D eigenvalue weighted by Crippen LogP contribution is -2.46. The smallest absolute Gasteiger partial charge is 0.225 e. The van der Waals surface area contributed by atoms with Gasteiger partial charge in [-0.1, -0.05) is 0 Å². The number of piperazine rings is 1. The predicted octanol–water partition coefficient (Wildman–Crippen LogP) is 1.20. The Kier molecular flexibility index (Phi) is 3.73. The molecule has 0 bridgehead atoms. The summed E-state index contributed by atoms with van der Waals surface area (Å²) in [7, 11) is 0. The summed E-state index contributed by atoms with van der Waals surface area (Å²) in [6.45, 7) is 4.37. The highest BCUT2D eigenvalue weighted by molar-refractivity contribution is 5.70. The van der Waals surface area contributed by atoms with E-state index in [2.05, 4.69) is 19.8 Å². The first kappa shape index (κ1) is 12.8. The molecule has 6 heteroatoms. The number of nitrogens with zero attached hydrogens (tertiary/aromatic N) is 4. The molecular formula is C14H16N4O2. The standard InChI is InChI=1S/C14H16N4O2/c19-11-13-3-2-12(20-13)10-17-6-8-18(9-7-17)14-15-4-1-5-16-14/h1-5,11H,6-10H2. The van der Waals surface area contributed by atoms with Crippen molar-refractivity contribution in [3.63, 3.8) is 0 Å². The van der Waals surface area contributed by atoms with Gasteiger partial charge in [0.1, 0.15) is 5.76 Å². The molecule has 0 radical (unpaired) electrons. The maximum absolute atomic E-state index is 10.6. The quantitative estimate of drug-likeness (QED) is 0.779. The van der Waals surface area contributed by atoms with E-state index in [1.54, 1.807) is 18.5 Å². The molecule has 0 spiro atoms. The number of aldehydes is 1. The lowest BCUT2D eigenvalue weighted by atomic mass is 10.3. The zero-order valence-electron chi connectivity index (χ0n) is 11.1. The third kappa shape index (κ3) is 2.85. The number of hydrogen-bond donors (Lipinski definition) is 0. The molecule has 1 saturated heterocycles. The topological polar surface area (TPSA) is 62.5 Å². The van der Waals surface area contributed by atoms with Crippen LogP contribution < -0.4 is 4.90 Å². The van der Waals surface area contributed by atoms with Crippen molar-refractivity contribution in [2.75, 3.05) is 31.1 Å². The molecule has 0 unspecified atom stereocenters. The largest absolute Gasteiger partial charge is 0.457 e. The summed E-state index contributed by atoms with van der Waals surface area (Å²) in [5, 5.41) is 0. The van der Waals surface area contributed by atoms with Crippen molar-refractivity contribution in [1.29, 1.82) is 0 Å². The van der Waals surface area contributed by atoms with Gasteiger partial charge in [0.25, 0.3) is 0 Å². The van der Waals surface area contributed by atoms with E-state index in [1.807, 2.05) is 12.1 Å². The highest BCUT2D eigenvalue weighted by atomic mass is 16.3. The lowest BCUT2D eigenvalue weighted by Gasteiger charge is -2.34. The Hall–Kier alpha value is -2.21. The molecule has 1 fully saturated rings. The van der Waals surface area contributed by atoms with Gasteiger partial charge >= 0.3 is 0 Å². The van der Waals surface area contributed by atoms with Crippen LogP contribution in [-0.2, 0) is 6.54 Å². The molecule has 0 amide bonds. The van der Waals surface area contributed by atoms with Crippen molar-refractivity contribution in [3.05, 3.63) is 42.1 Å². The zero-order valence-corrected chi connectivity index (χ0v) is 11.1. The molecule has 2 aromatic heterocycles. The van der Waals surface area contributed by atoms with Gasteiger partial charge < -0.3 is 9.32 Å². The number of rotatable bonds is 4. The van der Waals surface area contributed by atoms with E-state index in [1.165, 1.54) is 0 Å². The van der Waals surface area contributed by atoms with Crippen LogP contribution in [0.1, 0.15) is 16.3 Å². The van der Waals surface area contributed by atoms with Gasteiger partial charge in [0.05, 0.1) is 6.54 Å². The molecule has 3 rings (SSSR count). The van der Waals surface area contributed by atoms with Gasteiger partial charge in [-0.2, -0.15) is 0 Å². The minimum absolute atomic E-state index is 0.385. The van der Waals surface area contributed by atoms with Gasteiger partial charge in [-0.25, -0.2) is 9.97 Å². The van der Waals surface area contributed by atoms with E-state index < -0.39 is 0 Å². The molecule has 0 saturated carbocycles. The highest BCUT2D eigenvalue weighted by Crippen LogP contribution is 2.13. The molecule has 20 heavy (non-hydrogen) atoms. The monoisotopic (exact) mass is 272 g/mol. The lowest BCUT2D eigenvalue weighted by molar-refractivity contribution is 0.109. The number of hydrogen-bond acceptors (Lipinski definition) is 6. The molecular weight excluding hydrogens is 256 g/mol. The van der Waals surface area contributed by atoms with Crippen LogP contribution in [0, 0.1) is 0 Å². The Balaban J connectivity index is 1.55. The average molecular weight is 272 g/mol. The van der Waals surface area contributed by atoms with Crippen molar-refractivity contribution < 1.29 is 9.21 Å². The summed E-state index contributed by atoms with van der Waals surface area (Å²) in [6, 6.07) is 5.38. The summed E-state index contributed by atoms with van der Waals surface area (Å²) in [4.78, 5) is 23.6. The Bertz CT molecular complexity index is 562. The van der Waals surface area contributed by atoms with Crippen LogP contribution in [0.2, 0.25) is 0 Å². The first-order chi connectivity index (χ1) is 9.85. The summed E-state index contributed by atoms with van der Waals surface area (Å²) in [5.41, 5.74) is 0. The van der Waals surface area contributed by atoms with Gasteiger partial charge in [-0.15, -0.1) is 0 Å². The first-order valence-corrected chi connectivity index (χ1v) is 6.63. The van der Waals surface area contributed by atoms with Crippen LogP contribution in [0.4, 0.5) is 5.95 Å². The third-order valence-electron chi connectivity index (χ3n) is 3.39. The van der Waals surface area contributed by atoms with Gasteiger partial charge in [-0.05, 0) is 18.2 Å². The molecule has 6 nitrogen and oxygen atoms in total. The van der Waals surface area contributed by atoms with Gasteiger partial charge in [0.2, 0.25) is 5.95 Å². The Morgan fingerprint density at radius 3 is 2.55 bits per heavy atom. The van der Waals surface area contributed by atoms with E-state index in [0.29, 0.717) is 5.76 Å². The van der Waals surface area contributed by atoms with E-state index in [-0.39, 0.29) is 0 Å². The summed E-state index contributed by atoms with van der Waals surface area (Å²) >= 11 is 0. The predicted molar refractivity (Wildman–Crippen MR) is 73.6 cm³/mol. The fourth-order valence-electron chi connectivity index (χ4n) is 2.32. The maximum Gasteiger partial charge on any atom is 0.225 e. The van der Waals surface area contributed by atoms with E-state index in [0.717, 1.165) is 50.7 Å². The number of carbonyl (C=O) groups is 1. The fourth-order valence-corrected chi connectivity index (χ4v) is 2.32. The van der Waals surface area contributed by atoms with Crippen molar-refractivity contribution >= 4 is 12.2 Å². The second-order valence-electron chi connectivity index (χ2n) is 4.73. The van der Waals surface area contributed by atoms with Gasteiger partial charge in [-0.3, -0.25) is 9.69 Å². The highest BCUT2D eigenvalue weighted by Gasteiger charge is 2.19. The zero-order chi connectivity index (χ0) is 13.8. The van der Waals surface area contributed by atoms with Gasteiger partial charge in [0, 0.05) is 38.6 Å². The molecule has 0 atom stereocenters. The van der Waals surface area contributed by atoms with Crippen molar-refractivity contribution in [2.45, 2.75) is 6.54 Å². The van der Waals surface area contributed by atoms with Crippen LogP contribution >= 0.6 is 0 Å². The summed E-state index contributed by atoms with van der Waals surface area (Å²) in [6.07, 6.45) is 4.26. The van der Waals surface area contributed by atoms with Crippen molar-refractivity contribution in [2.24, 2.45) is 0 Å². The minimum atomic E-state index is 0.385. The number of furan rings is 1. The van der Waals surface area contributed by atoms with Crippen LogP contribution in [0.25, 0.3) is 0 Å². The Morgan fingerprint density at radius 2 is 1.90 bits per heavy atom. The molecule has 104 valence electrons. The van der Waals surface area contributed by atoms with Crippen molar-refractivity contribution in [1.82, 2.24) is 14.9 Å². The summed E-state index contributed by atoms with van der Waals surface area (Å²) < 4.78 is 5.40. The minimum Gasteiger partial charge on any atom is -0.457 e. The average Bonchev–Trinajstić information content (AvgIpc) is 2.97. The normalized spacial score (nSPS) is 16.3. The molecule has 3 heterocycles. The first-order valence-electron chi connectivity index (χ1n) is 6.63. The Labute approximate surface area is 117 Å². The van der Waals surface area contributed by atoms with Crippen LogP contribution in [-0.4, -0.2) is 47.3 Å². The maximum atomic E-state index is 10.6. The fraction of sp³-hybridized carbons (Fsp3) is 0.357. The Morgan fingerprint density at radius 1 is 1.15 bits per heavy atom. The second-order valence-corrected chi connectivity index (χ2v) is 4.73. The van der Waals surface area contributed by atoms with Crippen LogP contribution in [0.3, 0.4) is 0 Å². The van der Waals surface area contributed by atoms with Crippen LogP contribution in [0.5, 0.6) is 0 Å². The van der Waals surface area contributed by atoms with E-state index >= 15 is 0 Å². The van der Waals surface area contributed by atoms with Crippen LogP contribution in [0.15, 0.2) is 35.0 Å². The molecule has 2 aromatic rings. The molecule has 0 aliphatic carbocycles. The number of anilines is 1. The molecule has 1 aliphatic rings. The van der Waals surface area contributed by atoms with E-state index in [9.17, 15) is 4.79 Å².